The minimum Gasteiger partial charge on any atom is -0.493 e. The van der Waals surface area contributed by atoms with Crippen LogP contribution in [0.5, 0.6) is 5.75 Å². The molecule has 0 atom stereocenters. The van der Waals surface area contributed by atoms with Crippen molar-refractivity contribution in [3.05, 3.63) is 86.6 Å². The number of ether oxygens (including phenoxy) is 1. The van der Waals surface area contributed by atoms with E-state index in [1.165, 1.54) is 39.6 Å². The summed E-state index contributed by atoms with van der Waals surface area (Å²) in [6, 6.07) is 12.7. The molecule has 1 aromatic heterocycles. The predicted octanol–water partition coefficient (Wildman–Crippen LogP) is 7.26. The van der Waals surface area contributed by atoms with Gasteiger partial charge in [-0.2, -0.15) is 0 Å². The van der Waals surface area contributed by atoms with Crippen LogP contribution < -0.4 is 15.6 Å². The fourth-order valence-corrected chi connectivity index (χ4v) is 5.53. The number of carbonyl (C=O) groups is 1. The molecule has 0 unspecified atom stereocenters. The number of aryl methyl sites for hydroxylation is 1. The van der Waals surface area contributed by atoms with E-state index in [1.807, 2.05) is 0 Å². The first-order chi connectivity index (χ1) is 20.3. The molecule has 0 fully saturated rings. The molecule has 1 N–H and O–H groups in total. The van der Waals surface area contributed by atoms with E-state index in [-0.39, 0.29) is 33.9 Å². The van der Waals surface area contributed by atoms with Crippen LogP contribution >= 0.6 is 11.8 Å². The Labute approximate surface area is 260 Å². The summed E-state index contributed by atoms with van der Waals surface area (Å²) in [5, 5.41) is 3.46. The first kappa shape index (κ1) is 34.4. The number of amides is 1. The average molecular weight is 610 g/mol. The minimum atomic E-state index is -0.313. The molecule has 2 aromatic carbocycles. The number of unbranched alkanes of at least 4 members (excludes halogenated alkanes) is 1. The van der Waals surface area contributed by atoms with Gasteiger partial charge in [-0.1, -0.05) is 77.6 Å². The molecule has 43 heavy (non-hydrogen) atoms. The maximum Gasteiger partial charge on any atom is 0.257 e. The Balaban J connectivity index is 1.47. The van der Waals surface area contributed by atoms with Gasteiger partial charge in [-0.05, 0) is 72.8 Å². The molecule has 1 heterocycles. The van der Waals surface area contributed by atoms with Gasteiger partial charge in [-0.25, -0.2) is 9.37 Å². The number of hydrogen-bond acceptors (Lipinski definition) is 5. The van der Waals surface area contributed by atoms with Crippen LogP contribution in [0.3, 0.4) is 0 Å². The van der Waals surface area contributed by atoms with Gasteiger partial charge in [0.2, 0.25) is 5.91 Å². The summed E-state index contributed by atoms with van der Waals surface area (Å²) in [6.07, 6.45) is 4.10. The normalized spacial score (nSPS) is 11.9. The summed E-state index contributed by atoms with van der Waals surface area (Å²) < 4.78 is 21.0. The summed E-state index contributed by atoms with van der Waals surface area (Å²) in [4.78, 5) is 30.1. The molecule has 8 heteroatoms. The number of rotatable bonds is 15. The first-order valence-corrected chi connectivity index (χ1v) is 16.3. The topological polar surface area (TPSA) is 73.2 Å². The van der Waals surface area contributed by atoms with Crippen molar-refractivity contribution in [3.8, 4) is 5.75 Å². The minimum absolute atomic E-state index is 0.0145. The molecule has 1 amide bonds. The lowest BCUT2D eigenvalue weighted by Gasteiger charge is -2.30. The van der Waals surface area contributed by atoms with Crippen LogP contribution in [-0.4, -0.2) is 34.4 Å². The van der Waals surface area contributed by atoms with Gasteiger partial charge in [0.05, 0.1) is 12.4 Å². The quantitative estimate of drug-likeness (QED) is 0.112. The number of halogens is 1. The summed E-state index contributed by atoms with van der Waals surface area (Å²) >= 11 is 1.24. The van der Waals surface area contributed by atoms with Crippen molar-refractivity contribution in [2.24, 2.45) is 7.05 Å². The Morgan fingerprint density at radius 1 is 1.02 bits per heavy atom. The SMILES string of the molecule is CCC(C)(C)c1ccc(OCCCCNC(=O)CSc2nc(C)c(Cc3ccc(F)cc3)c(=O)n2C)c(C(C)(C)CC)c1. The standard InChI is InChI=1S/C35H48FN3O3S/c1-9-34(4,5)26-15-18-30(29(22-26)35(6,7)10-2)42-20-12-11-19-37-31(40)23-43-33-38-24(3)28(32(41)39(33)8)21-25-13-16-27(36)17-14-25/h13-18,22H,9-12,19-21,23H2,1-8H3,(H,37,40). The van der Waals surface area contributed by atoms with Crippen molar-refractivity contribution in [1.82, 2.24) is 14.9 Å². The van der Waals surface area contributed by atoms with E-state index in [0.717, 1.165) is 37.0 Å². The second kappa shape index (κ2) is 15.0. The number of nitrogens with one attached hydrogen (secondary N) is 1. The molecule has 6 nitrogen and oxygen atoms in total. The van der Waals surface area contributed by atoms with E-state index in [9.17, 15) is 14.0 Å². The van der Waals surface area contributed by atoms with E-state index in [4.69, 9.17) is 4.74 Å². The van der Waals surface area contributed by atoms with Crippen molar-refractivity contribution >= 4 is 17.7 Å². The second-order valence-corrected chi connectivity index (χ2v) is 13.4. The number of carbonyl (C=O) groups excluding carboxylic acids is 1. The molecule has 3 aromatic rings. The molecule has 0 radical (unpaired) electrons. The number of thioether (sulfide) groups is 1. The largest absolute Gasteiger partial charge is 0.493 e. The summed E-state index contributed by atoms with van der Waals surface area (Å²) in [5.41, 5.74) is 4.58. The van der Waals surface area contributed by atoms with E-state index in [2.05, 4.69) is 70.0 Å². The van der Waals surface area contributed by atoms with E-state index >= 15 is 0 Å². The maximum absolute atomic E-state index is 13.2. The summed E-state index contributed by atoms with van der Waals surface area (Å²) in [5.74, 6) is 0.699. The van der Waals surface area contributed by atoms with Gasteiger partial charge in [-0.15, -0.1) is 0 Å². The Hall–Kier alpha value is -3.13. The van der Waals surface area contributed by atoms with Crippen LogP contribution in [0.1, 0.15) is 95.2 Å². The van der Waals surface area contributed by atoms with Gasteiger partial charge in [0, 0.05) is 36.8 Å². The second-order valence-electron chi connectivity index (χ2n) is 12.5. The Kier molecular flexibility index (Phi) is 12.0. The molecular formula is C35H48FN3O3S. The maximum atomic E-state index is 13.2. The molecule has 3 rings (SSSR count). The van der Waals surface area contributed by atoms with Gasteiger partial charge < -0.3 is 10.1 Å². The van der Waals surface area contributed by atoms with Crippen molar-refractivity contribution in [1.29, 1.82) is 0 Å². The third kappa shape index (κ3) is 9.18. The number of benzene rings is 2. The highest BCUT2D eigenvalue weighted by atomic mass is 32.2. The fourth-order valence-electron chi connectivity index (χ4n) is 4.69. The monoisotopic (exact) mass is 609 g/mol. The molecular weight excluding hydrogens is 561 g/mol. The van der Waals surface area contributed by atoms with Crippen molar-refractivity contribution in [2.45, 2.75) is 96.6 Å². The van der Waals surface area contributed by atoms with Gasteiger partial charge in [0.1, 0.15) is 11.6 Å². The first-order valence-electron chi connectivity index (χ1n) is 15.3. The fraction of sp³-hybridized carbons (Fsp3) is 0.514. The van der Waals surface area contributed by atoms with Gasteiger partial charge in [-0.3, -0.25) is 14.2 Å². The Morgan fingerprint density at radius 3 is 2.35 bits per heavy atom. The number of hydrogen-bond donors (Lipinski definition) is 1. The third-order valence-electron chi connectivity index (χ3n) is 8.59. The molecule has 234 valence electrons. The lowest BCUT2D eigenvalue weighted by atomic mass is 9.76. The number of nitrogens with zero attached hydrogens (tertiary/aromatic N) is 2. The van der Waals surface area contributed by atoms with Crippen LogP contribution in [0.4, 0.5) is 4.39 Å². The smallest absolute Gasteiger partial charge is 0.257 e. The van der Waals surface area contributed by atoms with Crippen LogP contribution in [0.25, 0.3) is 0 Å². The van der Waals surface area contributed by atoms with Gasteiger partial charge in [0.15, 0.2) is 5.16 Å². The third-order valence-corrected chi connectivity index (χ3v) is 9.61. The molecule has 0 aliphatic carbocycles. The lowest BCUT2D eigenvalue weighted by Crippen LogP contribution is -2.28. The highest BCUT2D eigenvalue weighted by Gasteiger charge is 2.26. The lowest BCUT2D eigenvalue weighted by molar-refractivity contribution is -0.118. The zero-order valence-corrected chi connectivity index (χ0v) is 27.9. The molecule has 0 saturated heterocycles. The molecule has 0 aliphatic rings. The predicted molar refractivity (Wildman–Crippen MR) is 175 cm³/mol. The molecule has 0 aliphatic heterocycles. The zero-order chi connectivity index (χ0) is 31.8. The highest BCUT2D eigenvalue weighted by molar-refractivity contribution is 7.99. The van der Waals surface area contributed by atoms with Crippen molar-refractivity contribution < 1.29 is 13.9 Å². The van der Waals surface area contributed by atoms with E-state index < -0.39 is 0 Å². The number of aromatic nitrogens is 2. The van der Waals surface area contributed by atoms with Crippen LogP contribution in [-0.2, 0) is 29.1 Å². The average Bonchev–Trinajstić information content (AvgIpc) is 2.99. The van der Waals surface area contributed by atoms with Crippen LogP contribution in [0.2, 0.25) is 0 Å². The Bertz CT molecular complexity index is 1450. The molecule has 0 spiro atoms. The summed E-state index contributed by atoms with van der Waals surface area (Å²) in [7, 11) is 1.66. The Morgan fingerprint density at radius 2 is 1.70 bits per heavy atom. The van der Waals surface area contributed by atoms with Crippen molar-refractivity contribution in [2.75, 3.05) is 18.9 Å². The molecule has 0 bridgehead atoms. The van der Waals surface area contributed by atoms with E-state index in [1.54, 1.807) is 26.1 Å². The zero-order valence-electron chi connectivity index (χ0n) is 27.1. The van der Waals surface area contributed by atoms with Gasteiger partial charge in [0.25, 0.3) is 5.56 Å². The van der Waals surface area contributed by atoms with E-state index in [0.29, 0.717) is 36.0 Å². The van der Waals surface area contributed by atoms with Crippen LogP contribution in [0.15, 0.2) is 52.4 Å². The van der Waals surface area contributed by atoms with Crippen LogP contribution in [0, 0.1) is 12.7 Å². The van der Waals surface area contributed by atoms with Gasteiger partial charge >= 0.3 is 0 Å². The summed E-state index contributed by atoms with van der Waals surface area (Å²) in [6.45, 7) is 16.5. The highest BCUT2D eigenvalue weighted by Crippen LogP contribution is 2.38. The molecule has 0 saturated carbocycles. The van der Waals surface area contributed by atoms with Crippen molar-refractivity contribution in [3.63, 3.8) is 0 Å².